The highest BCUT2D eigenvalue weighted by Gasteiger charge is 2.11. The molecule has 0 bridgehead atoms. The van der Waals surface area contributed by atoms with Gasteiger partial charge in [-0.05, 0) is 49.9 Å². The molecule has 0 saturated carbocycles. The third kappa shape index (κ3) is 4.88. The highest BCUT2D eigenvalue weighted by molar-refractivity contribution is 5.31. The molecule has 0 aliphatic rings. The fraction of sp³-hybridized carbons (Fsp3) is 0.333. The van der Waals surface area contributed by atoms with Gasteiger partial charge < -0.3 is 4.74 Å². The van der Waals surface area contributed by atoms with Gasteiger partial charge in [-0.1, -0.05) is 42.5 Å². The van der Waals surface area contributed by atoms with Crippen molar-refractivity contribution in [3.63, 3.8) is 0 Å². The van der Waals surface area contributed by atoms with Crippen molar-refractivity contribution in [1.82, 2.24) is 5.43 Å². The lowest BCUT2D eigenvalue weighted by Crippen LogP contribution is -2.28. The van der Waals surface area contributed by atoms with Gasteiger partial charge in [0.05, 0.1) is 6.10 Å². The second kappa shape index (κ2) is 7.81. The molecule has 2 aromatic carbocycles. The fourth-order valence-electron chi connectivity index (χ4n) is 2.38. The summed E-state index contributed by atoms with van der Waals surface area (Å²) in [5, 5.41) is 0. The smallest absolute Gasteiger partial charge is 0.120 e. The highest BCUT2D eigenvalue weighted by Crippen LogP contribution is 2.23. The summed E-state index contributed by atoms with van der Waals surface area (Å²) in [6.45, 7) is 4.06. The maximum Gasteiger partial charge on any atom is 0.120 e. The van der Waals surface area contributed by atoms with Crippen molar-refractivity contribution in [2.45, 2.75) is 38.8 Å². The van der Waals surface area contributed by atoms with E-state index >= 15 is 0 Å². The number of hydrogen-bond acceptors (Lipinski definition) is 3. The van der Waals surface area contributed by atoms with Crippen molar-refractivity contribution in [2.24, 2.45) is 5.84 Å². The van der Waals surface area contributed by atoms with Crippen molar-refractivity contribution in [3.05, 3.63) is 65.7 Å². The zero-order chi connectivity index (χ0) is 15.1. The van der Waals surface area contributed by atoms with E-state index < -0.39 is 0 Å². The third-order valence-corrected chi connectivity index (χ3v) is 3.40. The van der Waals surface area contributed by atoms with Crippen LogP contribution in [0.25, 0.3) is 0 Å². The topological polar surface area (TPSA) is 47.3 Å². The van der Waals surface area contributed by atoms with Gasteiger partial charge in [-0.15, -0.1) is 0 Å². The summed E-state index contributed by atoms with van der Waals surface area (Å²) in [5.74, 6) is 6.62. The fourth-order valence-corrected chi connectivity index (χ4v) is 2.38. The summed E-state index contributed by atoms with van der Waals surface area (Å²) in [6, 6.07) is 18.7. The number of hydrogen-bond donors (Lipinski definition) is 2. The van der Waals surface area contributed by atoms with E-state index in [1.165, 1.54) is 5.56 Å². The Bertz CT molecular complexity index is 540. The van der Waals surface area contributed by atoms with Gasteiger partial charge in [0.15, 0.2) is 0 Å². The summed E-state index contributed by atoms with van der Waals surface area (Å²) >= 11 is 0. The Morgan fingerprint density at radius 3 is 2.48 bits per heavy atom. The molecule has 21 heavy (non-hydrogen) atoms. The Balaban J connectivity index is 2.03. The van der Waals surface area contributed by atoms with Crippen LogP contribution < -0.4 is 16.0 Å². The largest absolute Gasteiger partial charge is 0.491 e. The number of aryl methyl sites for hydroxylation is 1. The average Bonchev–Trinajstić information content (AvgIpc) is 2.49. The molecule has 2 aromatic rings. The number of rotatable bonds is 7. The summed E-state index contributed by atoms with van der Waals surface area (Å²) in [6.07, 6.45) is 2.12. The SMILES string of the molecule is CC(C)Oc1cccc(C(CCc2ccccc2)NN)c1. The second-order valence-electron chi connectivity index (χ2n) is 5.48. The third-order valence-electron chi connectivity index (χ3n) is 3.40. The Morgan fingerprint density at radius 2 is 1.81 bits per heavy atom. The molecule has 0 aromatic heterocycles. The van der Waals surface area contributed by atoms with Gasteiger partial charge >= 0.3 is 0 Å². The van der Waals surface area contributed by atoms with Crippen LogP contribution >= 0.6 is 0 Å². The lowest BCUT2D eigenvalue weighted by molar-refractivity contribution is 0.242. The van der Waals surface area contributed by atoms with E-state index in [-0.39, 0.29) is 12.1 Å². The van der Waals surface area contributed by atoms with Gasteiger partial charge in [0.2, 0.25) is 0 Å². The maximum absolute atomic E-state index is 5.74. The number of benzene rings is 2. The van der Waals surface area contributed by atoms with Crippen molar-refractivity contribution in [3.8, 4) is 5.75 Å². The first-order chi connectivity index (χ1) is 10.2. The lowest BCUT2D eigenvalue weighted by Gasteiger charge is -2.18. The molecule has 112 valence electrons. The molecule has 1 unspecified atom stereocenters. The van der Waals surface area contributed by atoms with Crippen molar-refractivity contribution in [1.29, 1.82) is 0 Å². The van der Waals surface area contributed by atoms with Crippen LogP contribution in [0.3, 0.4) is 0 Å². The van der Waals surface area contributed by atoms with Gasteiger partial charge in [0, 0.05) is 6.04 Å². The van der Waals surface area contributed by atoms with Crippen LogP contribution in [-0.2, 0) is 6.42 Å². The molecular weight excluding hydrogens is 260 g/mol. The molecule has 0 amide bonds. The van der Waals surface area contributed by atoms with Crippen LogP contribution in [-0.4, -0.2) is 6.10 Å². The van der Waals surface area contributed by atoms with E-state index in [1.54, 1.807) is 0 Å². The van der Waals surface area contributed by atoms with Crippen LogP contribution in [0.5, 0.6) is 5.75 Å². The second-order valence-corrected chi connectivity index (χ2v) is 5.48. The number of nitrogens with one attached hydrogen (secondary N) is 1. The van der Waals surface area contributed by atoms with E-state index in [0.29, 0.717) is 0 Å². The molecule has 0 saturated heterocycles. The minimum absolute atomic E-state index is 0.126. The van der Waals surface area contributed by atoms with E-state index in [4.69, 9.17) is 10.6 Å². The Labute approximate surface area is 127 Å². The molecule has 0 aliphatic carbocycles. The van der Waals surface area contributed by atoms with Gasteiger partial charge in [0.25, 0.3) is 0 Å². The van der Waals surface area contributed by atoms with Gasteiger partial charge in [-0.3, -0.25) is 11.3 Å². The minimum Gasteiger partial charge on any atom is -0.491 e. The Hall–Kier alpha value is -1.84. The van der Waals surface area contributed by atoms with E-state index in [1.807, 2.05) is 32.0 Å². The van der Waals surface area contributed by atoms with Crippen molar-refractivity contribution >= 4 is 0 Å². The predicted octanol–water partition coefficient (Wildman–Crippen LogP) is 3.61. The average molecular weight is 284 g/mol. The molecule has 0 aliphatic heterocycles. The van der Waals surface area contributed by atoms with Gasteiger partial charge in [-0.2, -0.15) is 0 Å². The quantitative estimate of drug-likeness (QED) is 0.603. The molecule has 0 fully saturated rings. The first kappa shape index (κ1) is 15.5. The van der Waals surface area contributed by atoms with E-state index in [2.05, 4.69) is 41.8 Å². The van der Waals surface area contributed by atoms with Crippen LogP contribution in [0.2, 0.25) is 0 Å². The molecule has 3 nitrogen and oxygen atoms in total. The molecule has 3 N–H and O–H groups in total. The molecule has 0 heterocycles. The molecule has 3 heteroatoms. The number of hydrazine groups is 1. The predicted molar refractivity (Wildman–Crippen MR) is 87.0 cm³/mol. The van der Waals surface area contributed by atoms with Crippen LogP contribution in [0.1, 0.15) is 37.4 Å². The zero-order valence-electron chi connectivity index (χ0n) is 12.8. The molecule has 1 atom stereocenters. The molecule has 0 radical (unpaired) electrons. The lowest BCUT2D eigenvalue weighted by atomic mass is 9.99. The van der Waals surface area contributed by atoms with E-state index in [9.17, 15) is 0 Å². The van der Waals surface area contributed by atoms with Gasteiger partial charge in [0.1, 0.15) is 5.75 Å². The summed E-state index contributed by atoms with van der Waals surface area (Å²) < 4.78 is 5.74. The van der Waals surface area contributed by atoms with Crippen molar-refractivity contribution in [2.75, 3.05) is 0 Å². The van der Waals surface area contributed by atoms with E-state index in [0.717, 1.165) is 24.2 Å². The highest BCUT2D eigenvalue weighted by atomic mass is 16.5. The van der Waals surface area contributed by atoms with Crippen LogP contribution in [0.4, 0.5) is 0 Å². The standard InChI is InChI=1S/C18H24N2O/c1-14(2)21-17-10-6-9-16(13-17)18(20-19)12-11-15-7-4-3-5-8-15/h3-10,13-14,18,20H,11-12,19H2,1-2H3. The monoisotopic (exact) mass is 284 g/mol. The summed E-state index contributed by atoms with van der Waals surface area (Å²) in [4.78, 5) is 0. The summed E-state index contributed by atoms with van der Waals surface area (Å²) in [5.41, 5.74) is 5.40. The molecule has 2 rings (SSSR count). The zero-order valence-corrected chi connectivity index (χ0v) is 12.8. The molecule has 0 spiro atoms. The van der Waals surface area contributed by atoms with Crippen LogP contribution in [0.15, 0.2) is 54.6 Å². The van der Waals surface area contributed by atoms with Gasteiger partial charge in [-0.25, -0.2) is 0 Å². The summed E-state index contributed by atoms with van der Waals surface area (Å²) in [7, 11) is 0. The number of ether oxygens (including phenoxy) is 1. The normalized spacial score (nSPS) is 12.4. The Kier molecular flexibility index (Phi) is 5.78. The first-order valence-corrected chi connectivity index (χ1v) is 7.45. The first-order valence-electron chi connectivity index (χ1n) is 7.45. The number of nitrogens with two attached hydrogens (primary N) is 1. The maximum atomic E-state index is 5.74. The van der Waals surface area contributed by atoms with Crippen LogP contribution in [0, 0.1) is 0 Å². The minimum atomic E-state index is 0.126. The Morgan fingerprint density at radius 1 is 1.05 bits per heavy atom. The molecular formula is C18H24N2O. The van der Waals surface area contributed by atoms with Crippen molar-refractivity contribution < 1.29 is 4.74 Å².